The van der Waals surface area contributed by atoms with Crippen LogP contribution in [0.3, 0.4) is 0 Å². The molecule has 2 unspecified atom stereocenters. The molecule has 22 heavy (non-hydrogen) atoms. The summed E-state index contributed by atoms with van der Waals surface area (Å²) in [6.07, 6.45) is 4.98. The van der Waals surface area contributed by atoms with Crippen molar-refractivity contribution < 1.29 is 19.4 Å². The van der Waals surface area contributed by atoms with Gasteiger partial charge in [-0.3, -0.25) is 9.59 Å². The molecule has 2 aliphatic heterocycles. The third-order valence-electron chi connectivity index (χ3n) is 5.34. The summed E-state index contributed by atoms with van der Waals surface area (Å²) in [6.45, 7) is 3.20. The van der Waals surface area contributed by atoms with E-state index in [1.54, 1.807) is 0 Å². The molecule has 1 saturated carbocycles. The van der Waals surface area contributed by atoms with Crippen LogP contribution in [0, 0.1) is 11.8 Å². The third kappa shape index (κ3) is 3.43. The highest BCUT2D eigenvalue weighted by atomic mass is 32.2. The number of hydrogen-bond acceptors (Lipinski definition) is 4. The molecule has 1 amide bonds. The lowest BCUT2D eigenvalue weighted by Crippen LogP contribution is -2.53. The molecule has 0 radical (unpaired) electrons. The standard InChI is InChI=1S/C16H25NO4S/c18-14(12-2-1-3-13(10-12)15(19)20)17-6-9-22-16(11-17)4-7-21-8-5-16/h12-13H,1-11H2,(H,19,20). The molecular weight excluding hydrogens is 302 g/mol. The van der Waals surface area contributed by atoms with Gasteiger partial charge in [-0.05, 0) is 32.1 Å². The fraction of sp³-hybridized carbons (Fsp3) is 0.875. The van der Waals surface area contributed by atoms with Crippen LogP contribution in [0.1, 0.15) is 38.5 Å². The van der Waals surface area contributed by atoms with Gasteiger partial charge in [0.05, 0.1) is 5.92 Å². The summed E-state index contributed by atoms with van der Waals surface area (Å²) in [5.74, 6) is 0.0133. The van der Waals surface area contributed by atoms with Gasteiger partial charge in [0.25, 0.3) is 0 Å². The molecule has 124 valence electrons. The first-order valence-electron chi connectivity index (χ1n) is 8.33. The van der Waals surface area contributed by atoms with E-state index < -0.39 is 5.97 Å². The molecule has 5 nitrogen and oxygen atoms in total. The minimum atomic E-state index is -0.743. The van der Waals surface area contributed by atoms with Gasteiger partial charge < -0.3 is 14.7 Å². The van der Waals surface area contributed by atoms with Gasteiger partial charge in [0.2, 0.25) is 5.91 Å². The first-order valence-corrected chi connectivity index (χ1v) is 9.31. The smallest absolute Gasteiger partial charge is 0.306 e. The van der Waals surface area contributed by atoms with Crippen molar-refractivity contribution in [3.8, 4) is 0 Å². The largest absolute Gasteiger partial charge is 0.481 e. The number of amides is 1. The maximum Gasteiger partial charge on any atom is 0.306 e. The van der Waals surface area contributed by atoms with Crippen molar-refractivity contribution in [1.29, 1.82) is 0 Å². The summed E-state index contributed by atoms with van der Waals surface area (Å²) in [4.78, 5) is 26.0. The Labute approximate surface area is 135 Å². The highest BCUT2D eigenvalue weighted by molar-refractivity contribution is 8.00. The number of hydrogen-bond donors (Lipinski definition) is 1. The van der Waals surface area contributed by atoms with Crippen molar-refractivity contribution in [1.82, 2.24) is 4.90 Å². The van der Waals surface area contributed by atoms with E-state index in [-0.39, 0.29) is 22.5 Å². The van der Waals surface area contributed by atoms with Crippen LogP contribution in [0.25, 0.3) is 0 Å². The summed E-state index contributed by atoms with van der Waals surface area (Å²) in [6, 6.07) is 0. The third-order valence-corrected chi connectivity index (χ3v) is 6.87. The predicted molar refractivity (Wildman–Crippen MR) is 84.9 cm³/mol. The Hall–Kier alpha value is -0.750. The zero-order chi connectivity index (χ0) is 15.6. The number of nitrogens with zero attached hydrogens (tertiary/aromatic N) is 1. The number of carbonyl (C=O) groups excluding carboxylic acids is 1. The average Bonchev–Trinajstić information content (AvgIpc) is 2.55. The van der Waals surface area contributed by atoms with Crippen molar-refractivity contribution in [3.05, 3.63) is 0 Å². The molecule has 3 rings (SSSR count). The highest BCUT2D eigenvalue weighted by Gasteiger charge is 2.41. The second-order valence-corrected chi connectivity index (χ2v) is 8.37. The minimum Gasteiger partial charge on any atom is -0.481 e. The van der Waals surface area contributed by atoms with Crippen LogP contribution in [0.15, 0.2) is 0 Å². The molecule has 0 bridgehead atoms. The maximum atomic E-state index is 12.8. The molecule has 0 aromatic carbocycles. The fourth-order valence-corrected chi connectivity index (χ4v) is 5.42. The van der Waals surface area contributed by atoms with Crippen LogP contribution >= 0.6 is 11.8 Å². The molecule has 1 N–H and O–H groups in total. The first kappa shape index (κ1) is 16.1. The Morgan fingerprint density at radius 2 is 1.91 bits per heavy atom. The summed E-state index contributed by atoms with van der Waals surface area (Å²) in [5, 5.41) is 9.20. The Bertz CT molecular complexity index is 430. The van der Waals surface area contributed by atoms with Crippen molar-refractivity contribution in [3.63, 3.8) is 0 Å². The Balaban J connectivity index is 1.62. The Kier molecular flexibility index (Phi) is 4.97. The quantitative estimate of drug-likeness (QED) is 0.840. The van der Waals surface area contributed by atoms with Crippen LogP contribution in [0.4, 0.5) is 0 Å². The first-order chi connectivity index (χ1) is 10.6. The monoisotopic (exact) mass is 327 g/mol. The van der Waals surface area contributed by atoms with Gasteiger partial charge in [-0.25, -0.2) is 0 Å². The SMILES string of the molecule is O=C(O)C1CCCC(C(=O)N2CCSC3(CCOCC3)C2)C1. The van der Waals surface area contributed by atoms with Gasteiger partial charge in [-0.15, -0.1) is 0 Å². The van der Waals surface area contributed by atoms with Crippen LogP contribution in [0.5, 0.6) is 0 Å². The van der Waals surface area contributed by atoms with E-state index in [0.29, 0.717) is 6.42 Å². The van der Waals surface area contributed by atoms with Crippen molar-refractivity contribution in [2.75, 3.05) is 32.1 Å². The van der Waals surface area contributed by atoms with Gasteiger partial charge in [-0.2, -0.15) is 11.8 Å². The van der Waals surface area contributed by atoms with E-state index in [1.807, 2.05) is 16.7 Å². The number of rotatable bonds is 2. The molecular formula is C16H25NO4S. The second-order valence-electron chi connectivity index (χ2n) is 6.80. The second kappa shape index (κ2) is 6.79. The minimum absolute atomic E-state index is 0.0881. The van der Waals surface area contributed by atoms with Crippen LogP contribution < -0.4 is 0 Å². The Morgan fingerprint density at radius 3 is 2.64 bits per heavy atom. The van der Waals surface area contributed by atoms with Crippen molar-refractivity contribution >= 4 is 23.6 Å². The van der Waals surface area contributed by atoms with Crippen molar-refractivity contribution in [2.24, 2.45) is 11.8 Å². The zero-order valence-corrected chi connectivity index (χ0v) is 13.8. The Morgan fingerprint density at radius 1 is 1.18 bits per heavy atom. The van der Waals surface area contributed by atoms with E-state index in [0.717, 1.165) is 64.2 Å². The molecule has 1 aliphatic carbocycles. The number of carboxylic acid groups (broad SMARTS) is 1. The summed E-state index contributed by atoms with van der Waals surface area (Å²) >= 11 is 1.99. The number of ether oxygens (including phenoxy) is 1. The van der Waals surface area contributed by atoms with E-state index in [4.69, 9.17) is 4.74 Å². The average molecular weight is 327 g/mol. The van der Waals surface area contributed by atoms with E-state index in [9.17, 15) is 14.7 Å². The van der Waals surface area contributed by atoms with Gasteiger partial charge in [0, 0.05) is 42.7 Å². The molecule has 6 heteroatoms. The number of carbonyl (C=O) groups is 2. The molecule has 2 saturated heterocycles. The van der Waals surface area contributed by atoms with E-state index in [2.05, 4.69) is 0 Å². The molecule has 1 spiro atoms. The molecule has 0 aromatic rings. The number of aliphatic carboxylic acids is 1. The van der Waals surface area contributed by atoms with Gasteiger partial charge in [0.15, 0.2) is 0 Å². The van der Waals surface area contributed by atoms with Crippen molar-refractivity contribution in [2.45, 2.75) is 43.3 Å². The summed E-state index contributed by atoms with van der Waals surface area (Å²) in [5.41, 5.74) is 0. The lowest BCUT2D eigenvalue weighted by Gasteiger charge is -2.45. The molecule has 3 fully saturated rings. The number of carboxylic acids is 1. The normalized spacial score (nSPS) is 31.9. The van der Waals surface area contributed by atoms with Crippen LogP contribution in [-0.2, 0) is 14.3 Å². The topological polar surface area (TPSA) is 66.8 Å². The van der Waals surface area contributed by atoms with E-state index in [1.165, 1.54) is 0 Å². The molecule has 3 aliphatic rings. The molecule has 2 atom stereocenters. The molecule has 2 heterocycles. The molecule has 0 aromatic heterocycles. The fourth-order valence-electron chi connectivity index (χ4n) is 3.98. The lowest BCUT2D eigenvalue weighted by atomic mass is 9.80. The van der Waals surface area contributed by atoms with Gasteiger partial charge in [0.1, 0.15) is 0 Å². The maximum absolute atomic E-state index is 12.8. The summed E-state index contributed by atoms with van der Waals surface area (Å²) in [7, 11) is 0. The van der Waals surface area contributed by atoms with Crippen LogP contribution in [-0.4, -0.2) is 58.7 Å². The van der Waals surface area contributed by atoms with Gasteiger partial charge >= 0.3 is 5.97 Å². The van der Waals surface area contributed by atoms with Gasteiger partial charge in [-0.1, -0.05) is 6.42 Å². The van der Waals surface area contributed by atoms with E-state index >= 15 is 0 Å². The summed E-state index contributed by atoms with van der Waals surface area (Å²) < 4.78 is 5.64. The highest BCUT2D eigenvalue weighted by Crippen LogP contribution is 2.40. The zero-order valence-electron chi connectivity index (χ0n) is 13.0. The lowest BCUT2D eigenvalue weighted by molar-refractivity contribution is -0.145. The van der Waals surface area contributed by atoms with Crippen LogP contribution in [0.2, 0.25) is 0 Å². The number of thioether (sulfide) groups is 1. The predicted octanol–water partition coefficient (Wildman–Crippen LogP) is 2.00.